The van der Waals surface area contributed by atoms with Crippen molar-refractivity contribution in [1.82, 2.24) is 9.97 Å². The van der Waals surface area contributed by atoms with E-state index in [1.54, 1.807) is 12.3 Å². The van der Waals surface area contributed by atoms with Crippen LogP contribution < -0.4 is 4.90 Å². The Morgan fingerprint density at radius 3 is 2.64 bits per heavy atom. The zero-order valence-electron chi connectivity index (χ0n) is 12.3. The predicted octanol–water partition coefficient (Wildman–Crippen LogP) is 4.36. The molecule has 0 bridgehead atoms. The molecule has 3 heterocycles. The summed E-state index contributed by atoms with van der Waals surface area (Å²) in [4.78, 5) is 9.90. The van der Waals surface area contributed by atoms with Gasteiger partial charge in [0, 0.05) is 36.3 Å². The number of hydrogen-bond acceptors (Lipinski definition) is 2. The summed E-state index contributed by atoms with van der Waals surface area (Å²) in [7, 11) is 0. The summed E-state index contributed by atoms with van der Waals surface area (Å²) in [6.07, 6.45) is 5.22. The number of H-pyrrole nitrogens is 1. The van der Waals surface area contributed by atoms with Gasteiger partial charge >= 0.3 is 0 Å². The van der Waals surface area contributed by atoms with Gasteiger partial charge in [0.25, 0.3) is 0 Å². The Kier molecular flexibility index (Phi) is 3.29. The Balaban J connectivity index is 1.70. The van der Waals surface area contributed by atoms with Crippen molar-refractivity contribution in [3.63, 3.8) is 0 Å². The van der Waals surface area contributed by atoms with Crippen LogP contribution in [-0.4, -0.2) is 23.1 Å². The number of aromatic nitrogens is 2. The van der Waals surface area contributed by atoms with Gasteiger partial charge in [0.1, 0.15) is 11.6 Å². The quantitative estimate of drug-likeness (QED) is 0.761. The minimum Gasteiger partial charge on any atom is -0.357 e. The molecule has 3 aromatic rings. The Labute approximate surface area is 128 Å². The number of hydrogen-bond donors (Lipinski definition) is 1. The van der Waals surface area contributed by atoms with Crippen LogP contribution in [0.2, 0.25) is 0 Å². The fourth-order valence-electron chi connectivity index (χ4n) is 3.13. The zero-order chi connectivity index (χ0) is 14.9. The molecule has 0 aliphatic carbocycles. The van der Waals surface area contributed by atoms with Crippen molar-refractivity contribution < 1.29 is 4.39 Å². The first-order valence-corrected chi connectivity index (χ1v) is 7.80. The first kappa shape index (κ1) is 13.3. The molecule has 1 aliphatic heterocycles. The van der Waals surface area contributed by atoms with Crippen LogP contribution in [0.25, 0.3) is 22.2 Å². The molecule has 1 aliphatic rings. The molecule has 0 atom stereocenters. The summed E-state index contributed by atoms with van der Waals surface area (Å²) in [5, 5.41) is 1.08. The molecular formula is C18H18FN3. The van der Waals surface area contributed by atoms with E-state index >= 15 is 0 Å². The van der Waals surface area contributed by atoms with Gasteiger partial charge in [-0.15, -0.1) is 0 Å². The van der Waals surface area contributed by atoms with Crippen LogP contribution in [0.4, 0.5) is 10.2 Å². The highest BCUT2D eigenvalue weighted by molar-refractivity contribution is 5.85. The first-order chi connectivity index (χ1) is 10.8. The molecule has 1 aromatic carbocycles. The molecule has 2 aromatic heterocycles. The van der Waals surface area contributed by atoms with E-state index in [0.29, 0.717) is 5.56 Å². The molecule has 0 radical (unpaired) electrons. The second kappa shape index (κ2) is 5.44. The number of halogens is 1. The van der Waals surface area contributed by atoms with Gasteiger partial charge in [0.15, 0.2) is 0 Å². The molecule has 112 valence electrons. The van der Waals surface area contributed by atoms with Crippen molar-refractivity contribution in [3.8, 4) is 11.3 Å². The lowest BCUT2D eigenvalue weighted by Crippen LogP contribution is -2.30. The average Bonchev–Trinajstić information content (AvgIpc) is 2.99. The molecule has 0 saturated carbocycles. The number of aromatic amines is 1. The molecule has 0 spiro atoms. The molecular weight excluding hydrogens is 277 g/mol. The molecule has 0 amide bonds. The number of nitrogens with zero attached hydrogens (tertiary/aromatic N) is 2. The second-order valence-electron chi connectivity index (χ2n) is 5.84. The average molecular weight is 295 g/mol. The maximum absolute atomic E-state index is 14.5. The van der Waals surface area contributed by atoms with E-state index in [1.165, 1.54) is 6.42 Å². The summed E-state index contributed by atoms with van der Waals surface area (Å²) in [6, 6.07) is 11.5. The smallest absolute Gasteiger partial charge is 0.137 e. The second-order valence-corrected chi connectivity index (χ2v) is 5.84. The summed E-state index contributed by atoms with van der Waals surface area (Å²) < 4.78 is 14.5. The largest absolute Gasteiger partial charge is 0.357 e. The van der Waals surface area contributed by atoms with Gasteiger partial charge in [-0.2, -0.15) is 0 Å². The molecule has 4 heteroatoms. The lowest BCUT2D eigenvalue weighted by molar-refractivity contribution is 0.569. The van der Waals surface area contributed by atoms with Crippen molar-refractivity contribution in [3.05, 3.63) is 48.4 Å². The lowest BCUT2D eigenvalue weighted by atomic mass is 10.1. The normalized spacial score (nSPS) is 15.4. The SMILES string of the molecule is Fc1cc(N2CCCCC2)ncc1-c1cc2ccccc2[nH]1. The van der Waals surface area contributed by atoms with Crippen LogP contribution >= 0.6 is 0 Å². The predicted molar refractivity (Wildman–Crippen MR) is 87.6 cm³/mol. The van der Waals surface area contributed by atoms with E-state index in [-0.39, 0.29) is 5.82 Å². The van der Waals surface area contributed by atoms with Crippen LogP contribution in [0.3, 0.4) is 0 Å². The van der Waals surface area contributed by atoms with Crippen LogP contribution in [-0.2, 0) is 0 Å². The lowest BCUT2D eigenvalue weighted by Gasteiger charge is -2.27. The van der Waals surface area contributed by atoms with Gasteiger partial charge in [-0.1, -0.05) is 18.2 Å². The minimum atomic E-state index is -0.220. The molecule has 1 fully saturated rings. The highest BCUT2D eigenvalue weighted by Crippen LogP contribution is 2.28. The Hall–Kier alpha value is -2.36. The number of benzene rings is 1. The molecule has 1 saturated heterocycles. The summed E-state index contributed by atoms with van der Waals surface area (Å²) in [5.41, 5.74) is 2.31. The van der Waals surface area contributed by atoms with E-state index in [2.05, 4.69) is 14.9 Å². The first-order valence-electron chi connectivity index (χ1n) is 7.80. The Morgan fingerprint density at radius 2 is 1.86 bits per heavy atom. The van der Waals surface area contributed by atoms with Gasteiger partial charge < -0.3 is 9.88 Å². The number of nitrogens with one attached hydrogen (secondary N) is 1. The molecule has 0 unspecified atom stereocenters. The summed E-state index contributed by atoms with van der Waals surface area (Å²) in [6.45, 7) is 1.94. The van der Waals surface area contributed by atoms with Crippen molar-refractivity contribution in [1.29, 1.82) is 0 Å². The summed E-state index contributed by atoms with van der Waals surface area (Å²) in [5.74, 6) is 0.527. The maximum Gasteiger partial charge on any atom is 0.137 e. The summed E-state index contributed by atoms with van der Waals surface area (Å²) >= 11 is 0. The number of anilines is 1. The van der Waals surface area contributed by atoms with Gasteiger partial charge in [0.2, 0.25) is 0 Å². The van der Waals surface area contributed by atoms with E-state index in [4.69, 9.17) is 0 Å². The van der Waals surface area contributed by atoms with Gasteiger partial charge in [-0.3, -0.25) is 0 Å². The number of pyridine rings is 1. The Morgan fingerprint density at radius 1 is 1.05 bits per heavy atom. The van der Waals surface area contributed by atoms with E-state index in [0.717, 1.165) is 48.3 Å². The van der Waals surface area contributed by atoms with Crippen molar-refractivity contribution in [2.24, 2.45) is 0 Å². The highest BCUT2D eigenvalue weighted by atomic mass is 19.1. The number of para-hydroxylation sites is 1. The van der Waals surface area contributed by atoms with Crippen LogP contribution in [0.15, 0.2) is 42.6 Å². The Bertz CT molecular complexity index is 770. The zero-order valence-corrected chi connectivity index (χ0v) is 12.3. The number of piperidine rings is 1. The van der Waals surface area contributed by atoms with Crippen LogP contribution in [0, 0.1) is 5.82 Å². The number of fused-ring (bicyclic) bond motifs is 1. The third kappa shape index (κ3) is 2.34. The topological polar surface area (TPSA) is 31.9 Å². The number of rotatable bonds is 2. The minimum absolute atomic E-state index is 0.220. The third-order valence-electron chi connectivity index (χ3n) is 4.34. The van der Waals surface area contributed by atoms with Crippen LogP contribution in [0.5, 0.6) is 0 Å². The molecule has 4 rings (SSSR count). The third-order valence-corrected chi connectivity index (χ3v) is 4.34. The van der Waals surface area contributed by atoms with Gasteiger partial charge in [-0.25, -0.2) is 9.37 Å². The fourth-order valence-corrected chi connectivity index (χ4v) is 3.13. The highest BCUT2D eigenvalue weighted by Gasteiger charge is 2.15. The van der Waals surface area contributed by atoms with E-state index < -0.39 is 0 Å². The fraction of sp³-hybridized carbons (Fsp3) is 0.278. The van der Waals surface area contributed by atoms with E-state index in [1.807, 2.05) is 30.3 Å². The van der Waals surface area contributed by atoms with Crippen molar-refractivity contribution in [2.75, 3.05) is 18.0 Å². The maximum atomic E-state index is 14.5. The van der Waals surface area contributed by atoms with Gasteiger partial charge in [0.05, 0.1) is 11.3 Å². The molecule has 1 N–H and O–H groups in total. The standard InChI is InChI=1S/C18H18FN3/c19-15-11-18(22-8-4-1-5-9-22)20-12-14(15)17-10-13-6-2-3-7-16(13)21-17/h2-3,6-7,10-12,21H,1,4-5,8-9H2. The van der Waals surface area contributed by atoms with Crippen LogP contribution in [0.1, 0.15) is 19.3 Å². The molecule has 3 nitrogen and oxygen atoms in total. The van der Waals surface area contributed by atoms with E-state index in [9.17, 15) is 4.39 Å². The monoisotopic (exact) mass is 295 g/mol. The molecule has 22 heavy (non-hydrogen) atoms. The van der Waals surface area contributed by atoms with Gasteiger partial charge in [-0.05, 0) is 31.4 Å². The van der Waals surface area contributed by atoms with Crippen molar-refractivity contribution >= 4 is 16.7 Å². The van der Waals surface area contributed by atoms with Crippen molar-refractivity contribution in [2.45, 2.75) is 19.3 Å².